The van der Waals surface area contributed by atoms with Crippen LogP contribution in [0.4, 0.5) is 0 Å². The number of carbonyl (C=O) groups excluding carboxylic acids is 5. The fourth-order valence-corrected chi connectivity index (χ4v) is 2.82. The molecule has 0 saturated carbocycles. The van der Waals surface area contributed by atoms with E-state index in [2.05, 4.69) is 4.74 Å². The van der Waals surface area contributed by atoms with Crippen molar-refractivity contribution in [3.05, 3.63) is 35.4 Å². The number of halogens is 2. The van der Waals surface area contributed by atoms with Crippen LogP contribution < -0.4 is 0 Å². The van der Waals surface area contributed by atoms with E-state index in [-0.39, 0.29) is 43.6 Å². The highest BCUT2D eigenvalue weighted by Crippen LogP contribution is 2.18. The standard InChI is InChI=1S/C20H22Cl2O8/c1-28-19(26)14-6-2-3-7-15(14)20(27)30-12-11-29-18(25)13(9-10-17(22)24)5-4-8-16(21)23/h2-3,6-7,13H,4-5,8-12H2,1H3. The molecule has 0 N–H and O–H groups in total. The van der Waals surface area contributed by atoms with Crippen LogP contribution in [0.15, 0.2) is 24.3 Å². The third kappa shape index (κ3) is 9.37. The fraction of sp³-hybridized carbons (Fsp3) is 0.450. The molecule has 0 amide bonds. The van der Waals surface area contributed by atoms with Crippen molar-refractivity contribution >= 4 is 51.6 Å². The highest BCUT2D eigenvalue weighted by Gasteiger charge is 2.22. The lowest BCUT2D eigenvalue weighted by molar-refractivity contribution is -0.150. The number of rotatable bonds is 13. The van der Waals surface area contributed by atoms with E-state index in [9.17, 15) is 24.0 Å². The Bertz CT molecular complexity index is 778. The first-order valence-corrected chi connectivity index (χ1v) is 9.89. The molecule has 164 valence electrons. The average Bonchev–Trinajstić information content (AvgIpc) is 2.72. The Kier molecular flexibility index (Phi) is 11.7. The minimum absolute atomic E-state index is 0.0184. The molecular formula is C20H22Cl2O8. The molecule has 0 aromatic heterocycles. The molecule has 0 fully saturated rings. The van der Waals surface area contributed by atoms with Gasteiger partial charge in [0.05, 0.1) is 24.2 Å². The normalized spacial score (nSPS) is 11.3. The molecule has 0 aliphatic carbocycles. The van der Waals surface area contributed by atoms with E-state index < -0.39 is 34.3 Å². The largest absolute Gasteiger partial charge is 0.465 e. The fourth-order valence-electron chi connectivity index (χ4n) is 2.58. The molecule has 0 radical (unpaired) electrons. The van der Waals surface area contributed by atoms with Crippen molar-refractivity contribution in [1.82, 2.24) is 0 Å². The van der Waals surface area contributed by atoms with Crippen molar-refractivity contribution in [3.8, 4) is 0 Å². The SMILES string of the molecule is COC(=O)c1ccccc1C(=O)OCCOC(=O)C(CCCC(=O)Cl)CCC(=O)Cl. The second kappa shape index (κ2) is 13.7. The van der Waals surface area contributed by atoms with Gasteiger partial charge in [-0.2, -0.15) is 0 Å². The summed E-state index contributed by atoms with van der Waals surface area (Å²) in [5.74, 6) is -2.68. The van der Waals surface area contributed by atoms with E-state index in [0.717, 1.165) is 0 Å². The molecule has 1 atom stereocenters. The van der Waals surface area contributed by atoms with E-state index in [1.165, 1.54) is 19.2 Å². The van der Waals surface area contributed by atoms with Gasteiger partial charge in [0.2, 0.25) is 10.5 Å². The molecule has 0 saturated heterocycles. The highest BCUT2D eigenvalue weighted by atomic mass is 35.5. The number of hydrogen-bond donors (Lipinski definition) is 0. The molecule has 0 spiro atoms. The summed E-state index contributed by atoms with van der Waals surface area (Å²) < 4.78 is 14.8. The number of ether oxygens (including phenoxy) is 3. The van der Waals surface area contributed by atoms with Crippen molar-refractivity contribution in [2.75, 3.05) is 20.3 Å². The lowest BCUT2D eigenvalue weighted by Gasteiger charge is -2.15. The lowest BCUT2D eigenvalue weighted by atomic mass is 9.97. The second-order valence-corrected chi connectivity index (χ2v) is 7.02. The first-order valence-electron chi connectivity index (χ1n) is 9.14. The Morgan fingerprint density at radius 3 is 1.97 bits per heavy atom. The van der Waals surface area contributed by atoms with Gasteiger partial charge in [0.1, 0.15) is 13.2 Å². The minimum atomic E-state index is -0.767. The van der Waals surface area contributed by atoms with Crippen molar-refractivity contribution in [3.63, 3.8) is 0 Å². The molecule has 10 heteroatoms. The summed E-state index contributed by atoms with van der Waals surface area (Å²) in [6.07, 6.45) is 0.905. The molecule has 0 heterocycles. The number of hydrogen-bond acceptors (Lipinski definition) is 8. The van der Waals surface area contributed by atoms with Gasteiger partial charge < -0.3 is 14.2 Å². The quantitative estimate of drug-likeness (QED) is 0.190. The molecule has 30 heavy (non-hydrogen) atoms. The molecule has 1 rings (SSSR count). The summed E-state index contributed by atoms with van der Waals surface area (Å²) in [5.41, 5.74) is 0.0848. The van der Waals surface area contributed by atoms with Crippen LogP contribution in [-0.2, 0) is 28.6 Å². The third-order valence-corrected chi connectivity index (χ3v) is 4.44. The summed E-state index contributed by atoms with van der Waals surface area (Å²) in [6, 6.07) is 5.99. The van der Waals surface area contributed by atoms with Crippen molar-refractivity contribution in [2.24, 2.45) is 5.92 Å². The van der Waals surface area contributed by atoms with Crippen LogP contribution in [0.25, 0.3) is 0 Å². The van der Waals surface area contributed by atoms with Crippen LogP contribution >= 0.6 is 23.2 Å². The monoisotopic (exact) mass is 460 g/mol. The first kappa shape index (κ1) is 25.6. The summed E-state index contributed by atoms with van der Waals surface area (Å²) in [5, 5.41) is -1.10. The lowest BCUT2D eigenvalue weighted by Crippen LogP contribution is -2.22. The van der Waals surface area contributed by atoms with Gasteiger partial charge in [0.25, 0.3) is 0 Å². The molecule has 0 aliphatic heterocycles. The molecule has 0 aliphatic rings. The van der Waals surface area contributed by atoms with Gasteiger partial charge in [-0.15, -0.1) is 0 Å². The van der Waals surface area contributed by atoms with Crippen molar-refractivity contribution in [2.45, 2.75) is 32.1 Å². The third-order valence-electron chi connectivity index (χ3n) is 4.06. The Balaban J connectivity index is 2.54. The van der Waals surface area contributed by atoms with Gasteiger partial charge in [-0.05, 0) is 54.6 Å². The van der Waals surface area contributed by atoms with E-state index in [1.807, 2.05) is 0 Å². The number of methoxy groups -OCH3 is 1. The van der Waals surface area contributed by atoms with Gasteiger partial charge >= 0.3 is 17.9 Å². The Hall–Kier alpha value is -2.45. The second-order valence-electron chi connectivity index (χ2n) is 6.18. The highest BCUT2D eigenvalue weighted by molar-refractivity contribution is 6.63. The predicted molar refractivity (Wildman–Crippen MR) is 107 cm³/mol. The van der Waals surface area contributed by atoms with Crippen LogP contribution in [0.1, 0.15) is 52.8 Å². The smallest absolute Gasteiger partial charge is 0.339 e. The van der Waals surface area contributed by atoms with Crippen molar-refractivity contribution < 1.29 is 38.2 Å². The van der Waals surface area contributed by atoms with Gasteiger partial charge in [-0.3, -0.25) is 14.4 Å². The van der Waals surface area contributed by atoms with Gasteiger partial charge in [0, 0.05) is 12.8 Å². The van der Waals surface area contributed by atoms with Crippen LogP contribution in [0.3, 0.4) is 0 Å². The topological polar surface area (TPSA) is 113 Å². The number of esters is 3. The van der Waals surface area contributed by atoms with Gasteiger partial charge in [0.15, 0.2) is 0 Å². The Labute approximate surface area is 183 Å². The van der Waals surface area contributed by atoms with Crippen LogP contribution in [0.5, 0.6) is 0 Å². The molecule has 8 nitrogen and oxygen atoms in total. The zero-order valence-electron chi connectivity index (χ0n) is 16.4. The molecular weight excluding hydrogens is 439 g/mol. The molecule has 1 aromatic rings. The number of benzene rings is 1. The first-order chi connectivity index (χ1) is 14.3. The maximum Gasteiger partial charge on any atom is 0.339 e. The summed E-state index contributed by atoms with van der Waals surface area (Å²) in [6.45, 7) is -0.452. The van der Waals surface area contributed by atoms with E-state index in [1.54, 1.807) is 12.1 Å². The maximum absolute atomic E-state index is 12.2. The zero-order valence-corrected chi connectivity index (χ0v) is 17.9. The summed E-state index contributed by atoms with van der Waals surface area (Å²) >= 11 is 10.6. The van der Waals surface area contributed by atoms with E-state index in [0.29, 0.717) is 12.8 Å². The molecule has 0 bridgehead atoms. The van der Waals surface area contributed by atoms with E-state index in [4.69, 9.17) is 32.7 Å². The zero-order chi connectivity index (χ0) is 22.5. The minimum Gasteiger partial charge on any atom is -0.465 e. The van der Waals surface area contributed by atoms with Crippen LogP contribution in [0.2, 0.25) is 0 Å². The summed E-state index contributed by atoms with van der Waals surface area (Å²) in [7, 11) is 1.20. The average molecular weight is 461 g/mol. The Morgan fingerprint density at radius 2 is 1.40 bits per heavy atom. The Morgan fingerprint density at radius 1 is 0.833 bits per heavy atom. The van der Waals surface area contributed by atoms with Crippen LogP contribution in [0, 0.1) is 5.92 Å². The van der Waals surface area contributed by atoms with Crippen LogP contribution in [-0.4, -0.2) is 48.7 Å². The molecule has 1 aromatic carbocycles. The van der Waals surface area contributed by atoms with Gasteiger partial charge in [-0.25, -0.2) is 9.59 Å². The molecule has 1 unspecified atom stereocenters. The van der Waals surface area contributed by atoms with Gasteiger partial charge in [-0.1, -0.05) is 12.1 Å². The maximum atomic E-state index is 12.2. The summed E-state index contributed by atoms with van der Waals surface area (Å²) in [4.78, 5) is 57.9. The predicted octanol–water partition coefficient (Wildman–Crippen LogP) is 3.27. The van der Waals surface area contributed by atoms with E-state index >= 15 is 0 Å². The number of carbonyl (C=O) groups is 5. The van der Waals surface area contributed by atoms with Crippen molar-refractivity contribution in [1.29, 1.82) is 0 Å².